The molecule has 3 aromatic rings. The summed E-state index contributed by atoms with van der Waals surface area (Å²) in [6, 6.07) is 9.64. The molecule has 224 valence electrons. The summed E-state index contributed by atoms with van der Waals surface area (Å²) in [7, 11) is 0. The number of halogens is 6. The van der Waals surface area contributed by atoms with Crippen molar-refractivity contribution in [2.75, 3.05) is 25.1 Å². The highest BCUT2D eigenvalue weighted by Crippen LogP contribution is 2.40. The number of aromatic nitrogens is 1. The van der Waals surface area contributed by atoms with Crippen molar-refractivity contribution in [3.63, 3.8) is 0 Å². The summed E-state index contributed by atoms with van der Waals surface area (Å²) in [5.41, 5.74) is 5.68. The molecular formula is C28H25ClF5N3O5. The molecular weight excluding hydrogens is 589 g/mol. The molecule has 0 bridgehead atoms. The van der Waals surface area contributed by atoms with Gasteiger partial charge in [-0.05, 0) is 53.9 Å². The number of fused-ring (bicyclic) bond motifs is 3. The summed E-state index contributed by atoms with van der Waals surface area (Å²) in [6.07, 6.45) is -6.88. The molecule has 4 rings (SSSR count). The lowest BCUT2D eigenvalue weighted by Gasteiger charge is -2.27. The predicted octanol–water partition coefficient (Wildman–Crippen LogP) is 5.23. The predicted molar refractivity (Wildman–Crippen MR) is 144 cm³/mol. The first-order chi connectivity index (χ1) is 19.8. The topological polar surface area (TPSA) is 113 Å². The van der Waals surface area contributed by atoms with Gasteiger partial charge in [0.05, 0.1) is 12.1 Å². The Morgan fingerprint density at radius 1 is 1.12 bits per heavy atom. The number of nitrogens with one attached hydrogen (secondary N) is 1. The number of hydrogen-bond donors (Lipinski definition) is 2. The minimum absolute atomic E-state index is 0.107. The van der Waals surface area contributed by atoms with Crippen LogP contribution in [-0.4, -0.2) is 48.8 Å². The number of ether oxygens (including phenoxy) is 2. The second-order valence-corrected chi connectivity index (χ2v) is 9.99. The number of pyridine rings is 1. The van der Waals surface area contributed by atoms with Crippen molar-refractivity contribution in [2.45, 2.75) is 31.5 Å². The molecule has 0 fully saturated rings. The standard InChI is InChI=1S/C28H25ClF5N3O5/c29-18-4-1-16-9-17(28(32,33)34)13-42-23-12-37(25(38)11-21(23)20(16)10-18)22(7-8-41-14-24(30)31)27(40)36-19-5-2-15(3-6-19)26(35)39/h1-6,10-12,17,22,24H,7-9,13-14H2,(H2,35,39)(H,36,40). The van der Waals surface area contributed by atoms with E-state index in [2.05, 4.69) is 5.32 Å². The monoisotopic (exact) mass is 613 g/mol. The van der Waals surface area contributed by atoms with Crippen LogP contribution in [-0.2, 0) is 16.0 Å². The summed E-state index contributed by atoms with van der Waals surface area (Å²) in [6.45, 7) is -2.00. The highest BCUT2D eigenvalue weighted by atomic mass is 35.5. The lowest BCUT2D eigenvalue weighted by molar-refractivity contribution is -0.181. The van der Waals surface area contributed by atoms with Crippen LogP contribution in [0.2, 0.25) is 5.02 Å². The summed E-state index contributed by atoms with van der Waals surface area (Å²) in [5, 5.41) is 2.80. The molecule has 2 atom stereocenters. The van der Waals surface area contributed by atoms with E-state index in [-0.39, 0.29) is 46.2 Å². The molecule has 2 heterocycles. The first kappa shape index (κ1) is 31.0. The van der Waals surface area contributed by atoms with Gasteiger partial charge in [-0.1, -0.05) is 17.7 Å². The van der Waals surface area contributed by atoms with Gasteiger partial charge in [-0.3, -0.25) is 19.0 Å². The Morgan fingerprint density at radius 3 is 2.48 bits per heavy atom. The molecule has 0 spiro atoms. The molecule has 1 aliphatic heterocycles. The molecule has 2 aromatic carbocycles. The summed E-state index contributed by atoms with van der Waals surface area (Å²) in [4.78, 5) is 38.1. The third-order valence-corrected chi connectivity index (χ3v) is 6.87. The van der Waals surface area contributed by atoms with Crippen LogP contribution in [0.1, 0.15) is 28.4 Å². The first-order valence-corrected chi connectivity index (χ1v) is 13.0. The van der Waals surface area contributed by atoms with Crippen LogP contribution in [0, 0.1) is 5.92 Å². The lowest BCUT2D eigenvalue weighted by atomic mass is 9.91. The summed E-state index contributed by atoms with van der Waals surface area (Å²) < 4.78 is 78.0. The van der Waals surface area contributed by atoms with Crippen molar-refractivity contribution in [1.82, 2.24) is 4.57 Å². The molecule has 42 heavy (non-hydrogen) atoms. The van der Waals surface area contributed by atoms with E-state index >= 15 is 0 Å². The van der Waals surface area contributed by atoms with Gasteiger partial charge in [-0.25, -0.2) is 8.78 Å². The number of primary amides is 1. The highest BCUT2D eigenvalue weighted by molar-refractivity contribution is 6.30. The fourth-order valence-corrected chi connectivity index (χ4v) is 4.68. The number of nitrogens with two attached hydrogens (primary N) is 1. The average molecular weight is 614 g/mol. The van der Waals surface area contributed by atoms with Gasteiger partial charge in [0.15, 0.2) is 0 Å². The maximum absolute atomic E-state index is 13.8. The van der Waals surface area contributed by atoms with E-state index in [0.717, 1.165) is 16.8 Å². The number of carbonyl (C=O) groups excluding carboxylic acids is 2. The molecule has 14 heteroatoms. The van der Waals surface area contributed by atoms with Crippen LogP contribution in [0.5, 0.6) is 5.75 Å². The molecule has 0 aliphatic carbocycles. The van der Waals surface area contributed by atoms with Gasteiger partial charge in [0, 0.05) is 40.9 Å². The summed E-state index contributed by atoms with van der Waals surface area (Å²) >= 11 is 6.13. The maximum Gasteiger partial charge on any atom is 0.395 e. The largest absolute Gasteiger partial charge is 0.491 e. The van der Waals surface area contributed by atoms with Crippen molar-refractivity contribution in [3.05, 3.63) is 81.2 Å². The second kappa shape index (κ2) is 12.9. The number of anilines is 1. The Bertz CT molecular complexity index is 1510. The Morgan fingerprint density at radius 2 is 1.83 bits per heavy atom. The fraction of sp³-hybridized carbons (Fsp3) is 0.321. The smallest absolute Gasteiger partial charge is 0.395 e. The zero-order valence-electron chi connectivity index (χ0n) is 21.8. The molecule has 0 radical (unpaired) electrons. The van der Waals surface area contributed by atoms with E-state index in [9.17, 15) is 36.3 Å². The SMILES string of the molecule is NC(=O)c1ccc(NC(=O)C(CCOCC(F)F)n2cc3c(cc2=O)-c2cc(Cl)ccc2CC(C(F)(F)F)CO3)cc1. The molecule has 1 aromatic heterocycles. The average Bonchev–Trinajstić information content (AvgIpc) is 2.91. The van der Waals surface area contributed by atoms with E-state index in [1.54, 1.807) is 0 Å². The number of rotatable bonds is 9. The van der Waals surface area contributed by atoms with E-state index < -0.39 is 61.6 Å². The van der Waals surface area contributed by atoms with Gasteiger partial charge in [0.1, 0.15) is 25.0 Å². The molecule has 2 unspecified atom stereocenters. The number of alkyl halides is 5. The number of carbonyl (C=O) groups is 2. The van der Waals surface area contributed by atoms with Crippen LogP contribution in [0.15, 0.2) is 59.5 Å². The van der Waals surface area contributed by atoms with Gasteiger partial charge in [0.2, 0.25) is 11.8 Å². The number of hydrogen-bond acceptors (Lipinski definition) is 5. The third kappa shape index (κ3) is 7.45. The first-order valence-electron chi connectivity index (χ1n) is 12.6. The number of benzene rings is 2. The minimum atomic E-state index is -4.59. The normalized spacial score (nSPS) is 15.5. The van der Waals surface area contributed by atoms with E-state index in [1.807, 2.05) is 0 Å². The lowest BCUT2D eigenvalue weighted by Crippen LogP contribution is -2.35. The zero-order valence-corrected chi connectivity index (χ0v) is 22.6. The molecule has 0 saturated carbocycles. The van der Waals surface area contributed by atoms with Crippen molar-refractivity contribution >= 4 is 29.1 Å². The Kier molecular flexibility index (Phi) is 9.52. The molecule has 8 nitrogen and oxygen atoms in total. The highest BCUT2D eigenvalue weighted by Gasteiger charge is 2.41. The van der Waals surface area contributed by atoms with Crippen molar-refractivity contribution in [2.24, 2.45) is 11.7 Å². The molecule has 1 aliphatic rings. The van der Waals surface area contributed by atoms with Gasteiger partial charge in [-0.2, -0.15) is 13.2 Å². The van der Waals surface area contributed by atoms with Crippen LogP contribution in [0.3, 0.4) is 0 Å². The van der Waals surface area contributed by atoms with E-state index in [4.69, 9.17) is 26.8 Å². The van der Waals surface area contributed by atoms with Crippen LogP contribution < -0.4 is 21.3 Å². The third-order valence-electron chi connectivity index (χ3n) is 6.63. The van der Waals surface area contributed by atoms with Crippen molar-refractivity contribution in [1.29, 1.82) is 0 Å². The Hall–Kier alpha value is -3.97. The van der Waals surface area contributed by atoms with Gasteiger partial charge >= 0.3 is 6.18 Å². The van der Waals surface area contributed by atoms with E-state index in [1.165, 1.54) is 42.5 Å². The van der Waals surface area contributed by atoms with E-state index in [0.29, 0.717) is 5.56 Å². The van der Waals surface area contributed by atoms with Crippen LogP contribution in [0.25, 0.3) is 11.1 Å². The minimum Gasteiger partial charge on any atom is -0.491 e. The molecule has 2 amide bonds. The van der Waals surface area contributed by atoms with Crippen LogP contribution >= 0.6 is 11.6 Å². The number of amides is 2. The molecule has 0 saturated heterocycles. The number of nitrogens with zero attached hydrogens (tertiary/aromatic N) is 1. The maximum atomic E-state index is 13.8. The molecule has 3 N–H and O–H groups in total. The van der Waals surface area contributed by atoms with Crippen molar-refractivity contribution < 1.29 is 41.0 Å². The summed E-state index contributed by atoms with van der Waals surface area (Å²) in [5.74, 6) is -3.42. The van der Waals surface area contributed by atoms with Crippen LogP contribution in [0.4, 0.5) is 27.6 Å². The van der Waals surface area contributed by atoms with Gasteiger partial charge in [0.25, 0.3) is 12.0 Å². The fourth-order valence-electron chi connectivity index (χ4n) is 4.51. The quantitative estimate of drug-likeness (QED) is 0.253. The Labute approximate surface area is 241 Å². The zero-order chi connectivity index (χ0) is 30.6. The van der Waals surface area contributed by atoms with Gasteiger partial charge < -0.3 is 20.5 Å². The van der Waals surface area contributed by atoms with Crippen molar-refractivity contribution in [3.8, 4) is 16.9 Å². The second-order valence-electron chi connectivity index (χ2n) is 9.55. The van der Waals surface area contributed by atoms with Gasteiger partial charge in [-0.15, -0.1) is 0 Å². The Balaban J connectivity index is 1.74.